The maximum Gasteiger partial charge on any atom is 0.304 e. The Bertz CT molecular complexity index is 820. The van der Waals surface area contributed by atoms with Crippen molar-refractivity contribution in [1.29, 1.82) is 0 Å². The second-order valence-corrected chi connectivity index (χ2v) is 5.94. The van der Waals surface area contributed by atoms with Crippen LogP contribution in [-0.4, -0.2) is 15.6 Å². The number of fused-ring (bicyclic) bond motifs is 1. The van der Waals surface area contributed by atoms with E-state index in [0.29, 0.717) is 0 Å². The summed E-state index contributed by atoms with van der Waals surface area (Å²) in [6, 6.07) is 18.0. The van der Waals surface area contributed by atoms with E-state index in [4.69, 9.17) is 0 Å². The maximum atomic E-state index is 11.5. The van der Waals surface area contributed by atoms with Gasteiger partial charge in [-0.25, -0.2) is 0 Å². The summed E-state index contributed by atoms with van der Waals surface area (Å²) in [7, 11) is 2.00. The number of rotatable bonds is 4. The van der Waals surface area contributed by atoms with Gasteiger partial charge in [-0.05, 0) is 17.2 Å². The van der Waals surface area contributed by atoms with E-state index < -0.39 is 11.4 Å². The lowest BCUT2D eigenvalue weighted by Crippen LogP contribution is -2.27. The van der Waals surface area contributed by atoms with Crippen LogP contribution in [0, 0.1) is 0 Å². The summed E-state index contributed by atoms with van der Waals surface area (Å²) in [5, 5.41) is 10.6. The Morgan fingerprint density at radius 2 is 1.73 bits per heavy atom. The third kappa shape index (κ3) is 2.29. The minimum atomic E-state index is -0.792. The zero-order valence-electron chi connectivity index (χ0n) is 12.8. The highest BCUT2D eigenvalue weighted by atomic mass is 16.4. The van der Waals surface area contributed by atoms with E-state index in [1.807, 2.05) is 56.4 Å². The zero-order chi connectivity index (χ0) is 15.7. The van der Waals surface area contributed by atoms with Gasteiger partial charge in [-0.3, -0.25) is 4.79 Å². The molecule has 0 saturated carbocycles. The number of hydrogen-bond acceptors (Lipinski definition) is 1. The highest BCUT2D eigenvalue weighted by molar-refractivity contribution is 5.86. The lowest BCUT2D eigenvalue weighted by atomic mass is 9.73. The third-order valence-corrected chi connectivity index (χ3v) is 4.41. The Labute approximate surface area is 129 Å². The van der Waals surface area contributed by atoms with Crippen molar-refractivity contribution >= 4 is 16.9 Å². The molecule has 3 rings (SSSR count). The summed E-state index contributed by atoms with van der Waals surface area (Å²) in [6.45, 7) is 2.01. The minimum absolute atomic E-state index is 0.0605. The van der Waals surface area contributed by atoms with Gasteiger partial charge in [0, 0.05) is 29.6 Å². The molecule has 1 unspecified atom stereocenters. The van der Waals surface area contributed by atoms with Crippen molar-refractivity contribution in [2.75, 3.05) is 0 Å². The molecule has 1 N–H and O–H groups in total. The van der Waals surface area contributed by atoms with Crippen LogP contribution in [-0.2, 0) is 17.3 Å². The van der Waals surface area contributed by atoms with Crippen molar-refractivity contribution in [3.63, 3.8) is 0 Å². The molecule has 3 nitrogen and oxygen atoms in total. The van der Waals surface area contributed by atoms with E-state index >= 15 is 0 Å². The molecule has 1 atom stereocenters. The largest absolute Gasteiger partial charge is 0.481 e. The van der Waals surface area contributed by atoms with Crippen LogP contribution in [0.25, 0.3) is 10.9 Å². The van der Waals surface area contributed by atoms with E-state index in [0.717, 1.165) is 22.0 Å². The molecule has 112 valence electrons. The van der Waals surface area contributed by atoms with Crippen molar-refractivity contribution in [2.45, 2.75) is 18.8 Å². The van der Waals surface area contributed by atoms with Gasteiger partial charge in [-0.2, -0.15) is 0 Å². The number of aryl methyl sites for hydroxylation is 1. The van der Waals surface area contributed by atoms with E-state index in [2.05, 4.69) is 22.9 Å². The summed E-state index contributed by atoms with van der Waals surface area (Å²) >= 11 is 0. The second-order valence-electron chi connectivity index (χ2n) is 5.94. The molecule has 22 heavy (non-hydrogen) atoms. The zero-order valence-corrected chi connectivity index (χ0v) is 12.8. The number of para-hydroxylation sites is 1. The monoisotopic (exact) mass is 293 g/mol. The molecule has 2 aromatic carbocycles. The topological polar surface area (TPSA) is 42.2 Å². The molecule has 0 radical (unpaired) electrons. The number of hydrogen-bond donors (Lipinski definition) is 1. The van der Waals surface area contributed by atoms with Crippen LogP contribution in [0.4, 0.5) is 0 Å². The Morgan fingerprint density at radius 1 is 1.09 bits per heavy atom. The summed E-state index contributed by atoms with van der Waals surface area (Å²) in [5.74, 6) is -0.792. The van der Waals surface area contributed by atoms with Gasteiger partial charge in [-0.1, -0.05) is 55.5 Å². The molecule has 1 aromatic heterocycles. The lowest BCUT2D eigenvalue weighted by molar-refractivity contribution is -0.138. The van der Waals surface area contributed by atoms with Crippen LogP contribution < -0.4 is 0 Å². The van der Waals surface area contributed by atoms with Crippen LogP contribution >= 0.6 is 0 Å². The molecule has 0 amide bonds. The standard InChI is InChI=1S/C19H19NO2/c1-19(12-18(21)22,14-8-4-3-5-9-14)16-13-20(2)17-11-7-6-10-15(16)17/h3-11,13H,12H2,1-2H3,(H,21,22). The Balaban J connectivity index is 2.27. The molecule has 0 aliphatic heterocycles. The summed E-state index contributed by atoms with van der Waals surface area (Å²) < 4.78 is 2.06. The number of nitrogens with zero attached hydrogens (tertiary/aromatic N) is 1. The molecular formula is C19H19NO2. The van der Waals surface area contributed by atoms with Crippen molar-refractivity contribution in [3.8, 4) is 0 Å². The van der Waals surface area contributed by atoms with Crippen LogP contribution in [0.5, 0.6) is 0 Å². The highest BCUT2D eigenvalue weighted by Gasteiger charge is 2.34. The molecule has 0 aliphatic rings. The number of aliphatic carboxylic acids is 1. The normalized spacial score (nSPS) is 13.9. The molecule has 0 bridgehead atoms. The summed E-state index contributed by atoms with van der Waals surface area (Å²) in [4.78, 5) is 11.5. The molecular weight excluding hydrogens is 274 g/mol. The van der Waals surface area contributed by atoms with Crippen LogP contribution in [0.15, 0.2) is 60.8 Å². The number of benzene rings is 2. The van der Waals surface area contributed by atoms with Crippen LogP contribution in [0.1, 0.15) is 24.5 Å². The van der Waals surface area contributed by atoms with Crippen LogP contribution in [0.3, 0.4) is 0 Å². The molecule has 3 aromatic rings. The summed E-state index contributed by atoms with van der Waals surface area (Å²) in [5.41, 5.74) is 2.63. The van der Waals surface area contributed by atoms with Gasteiger partial charge < -0.3 is 9.67 Å². The van der Waals surface area contributed by atoms with E-state index in [-0.39, 0.29) is 6.42 Å². The third-order valence-electron chi connectivity index (χ3n) is 4.41. The molecule has 0 spiro atoms. The van der Waals surface area contributed by atoms with E-state index in [1.165, 1.54) is 0 Å². The molecule has 1 heterocycles. The van der Waals surface area contributed by atoms with E-state index in [9.17, 15) is 9.90 Å². The van der Waals surface area contributed by atoms with Crippen molar-refractivity contribution in [3.05, 3.63) is 71.9 Å². The van der Waals surface area contributed by atoms with Crippen molar-refractivity contribution < 1.29 is 9.90 Å². The number of carboxylic acids is 1. The lowest BCUT2D eigenvalue weighted by Gasteiger charge is -2.28. The molecule has 0 fully saturated rings. The predicted molar refractivity (Wildman–Crippen MR) is 88.1 cm³/mol. The van der Waals surface area contributed by atoms with E-state index in [1.54, 1.807) is 0 Å². The minimum Gasteiger partial charge on any atom is -0.481 e. The van der Waals surface area contributed by atoms with Gasteiger partial charge in [0.15, 0.2) is 0 Å². The fourth-order valence-corrected chi connectivity index (χ4v) is 3.24. The van der Waals surface area contributed by atoms with Crippen molar-refractivity contribution in [2.24, 2.45) is 7.05 Å². The van der Waals surface area contributed by atoms with Gasteiger partial charge in [0.2, 0.25) is 0 Å². The fraction of sp³-hybridized carbons (Fsp3) is 0.211. The first-order valence-corrected chi connectivity index (χ1v) is 7.34. The van der Waals surface area contributed by atoms with Crippen molar-refractivity contribution in [1.82, 2.24) is 4.57 Å². The first-order chi connectivity index (χ1) is 10.5. The van der Waals surface area contributed by atoms with Gasteiger partial charge in [0.25, 0.3) is 0 Å². The SMILES string of the molecule is Cn1cc(C(C)(CC(=O)O)c2ccccc2)c2ccccc21. The summed E-state index contributed by atoms with van der Waals surface area (Å²) in [6.07, 6.45) is 2.12. The van der Waals surface area contributed by atoms with Gasteiger partial charge in [0.05, 0.1) is 6.42 Å². The number of carbonyl (C=O) groups is 1. The smallest absolute Gasteiger partial charge is 0.304 e. The Morgan fingerprint density at radius 3 is 2.41 bits per heavy atom. The number of aromatic nitrogens is 1. The van der Waals surface area contributed by atoms with Crippen LogP contribution in [0.2, 0.25) is 0 Å². The first kappa shape index (κ1) is 14.4. The molecule has 3 heteroatoms. The first-order valence-electron chi connectivity index (χ1n) is 7.34. The maximum absolute atomic E-state index is 11.5. The average molecular weight is 293 g/mol. The number of carboxylic acid groups (broad SMARTS) is 1. The van der Waals surface area contributed by atoms with Gasteiger partial charge in [-0.15, -0.1) is 0 Å². The predicted octanol–water partition coefficient (Wildman–Crippen LogP) is 3.96. The van der Waals surface area contributed by atoms with Gasteiger partial charge in [0.1, 0.15) is 0 Å². The Hall–Kier alpha value is -2.55. The highest BCUT2D eigenvalue weighted by Crippen LogP contribution is 2.39. The average Bonchev–Trinajstić information content (AvgIpc) is 2.86. The molecule has 0 aliphatic carbocycles. The van der Waals surface area contributed by atoms with Gasteiger partial charge >= 0.3 is 5.97 Å². The fourth-order valence-electron chi connectivity index (χ4n) is 3.24. The molecule has 0 saturated heterocycles. The second kappa shape index (κ2) is 5.34. The Kier molecular flexibility index (Phi) is 3.49. The quantitative estimate of drug-likeness (QED) is 0.791.